The molecule has 1 fully saturated rings. The lowest BCUT2D eigenvalue weighted by Crippen LogP contribution is -2.40. The number of nitrogens with zero attached hydrogens (tertiary/aromatic N) is 1. The molecule has 0 spiro atoms. The lowest BCUT2D eigenvalue weighted by molar-refractivity contribution is 0.289. The van der Waals surface area contributed by atoms with E-state index in [-0.39, 0.29) is 0 Å². The van der Waals surface area contributed by atoms with Crippen LogP contribution in [0.3, 0.4) is 0 Å². The maximum atomic E-state index is 11.7. The van der Waals surface area contributed by atoms with Crippen LogP contribution in [0.15, 0.2) is 28.1 Å². The Morgan fingerprint density at radius 2 is 1.88 bits per heavy atom. The summed E-state index contributed by atoms with van der Waals surface area (Å²) in [5.74, 6) is 2.39. The van der Waals surface area contributed by atoms with Crippen LogP contribution in [0, 0.1) is 18.8 Å². The van der Waals surface area contributed by atoms with Crippen molar-refractivity contribution in [1.82, 2.24) is 10.6 Å². The highest BCUT2D eigenvalue weighted by atomic mass is 32.2. The van der Waals surface area contributed by atoms with E-state index in [1.165, 1.54) is 31.9 Å². The van der Waals surface area contributed by atoms with Crippen molar-refractivity contribution in [2.45, 2.75) is 51.0 Å². The molecule has 0 aliphatic heterocycles. The molecular formula is C19H31N3O2S. The second-order valence-electron chi connectivity index (χ2n) is 7.30. The number of guanidine groups is 1. The Bertz CT molecular complexity index is 705. The molecule has 140 valence electrons. The first-order valence-corrected chi connectivity index (χ1v) is 10.9. The van der Waals surface area contributed by atoms with Crippen molar-refractivity contribution in [2.24, 2.45) is 16.8 Å². The predicted octanol–water partition coefficient (Wildman–Crippen LogP) is 2.89. The first kappa shape index (κ1) is 19.8. The zero-order valence-electron chi connectivity index (χ0n) is 15.8. The highest BCUT2D eigenvalue weighted by Crippen LogP contribution is 2.27. The molecule has 1 aliphatic carbocycles. The Hall–Kier alpha value is -1.56. The molecule has 0 heterocycles. The summed E-state index contributed by atoms with van der Waals surface area (Å²) in [4.78, 5) is 4.67. The molecule has 0 unspecified atom stereocenters. The molecule has 0 atom stereocenters. The van der Waals surface area contributed by atoms with Crippen LogP contribution in [0.4, 0.5) is 0 Å². The molecule has 0 radical (unpaired) electrons. The van der Waals surface area contributed by atoms with Gasteiger partial charge in [0, 0.05) is 26.4 Å². The second-order valence-corrected chi connectivity index (χ2v) is 9.29. The van der Waals surface area contributed by atoms with Gasteiger partial charge in [-0.15, -0.1) is 0 Å². The third kappa shape index (κ3) is 6.03. The predicted molar refractivity (Wildman–Crippen MR) is 104 cm³/mol. The molecule has 0 bridgehead atoms. The summed E-state index contributed by atoms with van der Waals surface area (Å²) in [6.45, 7) is 5.74. The van der Waals surface area contributed by atoms with Crippen LogP contribution in [0.1, 0.15) is 43.7 Å². The van der Waals surface area contributed by atoms with Crippen LogP contribution < -0.4 is 10.6 Å². The molecule has 6 heteroatoms. The second kappa shape index (κ2) is 8.70. The SMILES string of the molecule is CN=C(NCc1ccc(S(C)(=O)=O)c(C)c1)NCC1CCC(C)CC1. The van der Waals surface area contributed by atoms with Gasteiger partial charge in [0.2, 0.25) is 0 Å². The van der Waals surface area contributed by atoms with Gasteiger partial charge in [-0.1, -0.05) is 31.9 Å². The number of sulfone groups is 1. The quantitative estimate of drug-likeness (QED) is 0.622. The Morgan fingerprint density at radius 3 is 2.44 bits per heavy atom. The first-order chi connectivity index (χ1) is 11.8. The average molecular weight is 366 g/mol. The molecular weight excluding hydrogens is 334 g/mol. The number of aliphatic imine (C=N–C) groups is 1. The highest BCUT2D eigenvalue weighted by molar-refractivity contribution is 7.90. The van der Waals surface area contributed by atoms with E-state index in [4.69, 9.17) is 0 Å². The molecule has 0 aromatic heterocycles. The zero-order chi connectivity index (χ0) is 18.4. The minimum atomic E-state index is -3.17. The Kier molecular flexibility index (Phi) is 6.87. The molecule has 1 aromatic rings. The lowest BCUT2D eigenvalue weighted by atomic mass is 9.83. The number of rotatable bonds is 5. The Labute approximate surface area is 152 Å². The van der Waals surface area contributed by atoms with Crippen molar-refractivity contribution in [2.75, 3.05) is 19.8 Å². The maximum Gasteiger partial charge on any atom is 0.191 e. The third-order valence-electron chi connectivity index (χ3n) is 5.02. The molecule has 5 nitrogen and oxygen atoms in total. The van der Waals surface area contributed by atoms with Crippen LogP contribution in [0.2, 0.25) is 0 Å². The Balaban J connectivity index is 1.85. The van der Waals surface area contributed by atoms with E-state index in [9.17, 15) is 8.42 Å². The maximum absolute atomic E-state index is 11.7. The highest BCUT2D eigenvalue weighted by Gasteiger charge is 2.18. The summed E-state index contributed by atoms with van der Waals surface area (Å²) in [7, 11) is -1.39. The molecule has 2 rings (SSSR count). The number of nitrogens with one attached hydrogen (secondary N) is 2. The van der Waals surface area contributed by atoms with Gasteiger partial charge in [-0.3, -0.25) is 4.99 Å². The summed E-state index contributed by atoms with van der Waals surface area (Å²) in [6, 6.07) is 5.45. The molecule has 1 aromatic carbocycles. The summed E-state index contributed by atoms with van der Waals surface area (Å²) in [5, 5.41) is 6.73. The molecule has 25 heavy (non-hydrogen) atoms. The molecule has 1 saturated carbocycles. The normalized spacial score (nSPS) is 21.8. The summed E-state index contributed by atoms with van der Waals surface area (Å²) >= 11 is 0. The van der Waals surface area contributed by atoms with Gasteiger partial charge < -0.3 is 10.6 Å². The minimum Gasteiger partial charge on any atom is -0.356 e. The lowest BCUT2D eigenvalue weighted by Gasteiger charge is -2.26. The van der Waals surface area contributed by atoms with Crippen molar-refractivity contribution in [3.05, 3.63) is 29.3 Å². The van der Waals surface area contributed by atoms with Gasteiger partial charge in [-0.2, -0.15) is 0 Å². The van der Waals surface area contributed by atoms with Crippen LogP contribution in [0.5, 0.6) is 0 Å². The van der Waals surface area contributed by atoms with E-state index in [1.807, 2.05) is 19.1 Å². The number of hydrogen-bond donors (Lipinski definition) is 2. The Morgan fingerprint density at radius 1 is 1.20 bits per heavy atom. The van der Waals surface area contributed by atoms with Crippen molar-refractivity contribution < 1.29 is 8.42 Å². The standard InChI is InChI=1S/C19H31N3O2S/c1-14-5-7-16(8-6-14)12-21-19(20-3)22-13-17-9-10-18(15(2)11-17)25(4,23)24/h9-11,14,16H,5-8,12-13H2,1-4H3,(H2,20,21,22). The fourth-order valence-corrected chi connectivity index (χ4v) is 4.38. The van der Waals surface area contributed by atoms with Crippen molar-refractivity contribution in [1.29, 1.82) is 0 Å². The number of hydrogen-bond acceptors (Lipinski definition) is 3. The summed E-state index contributed by atoms with van der Waals surface area (Å²) < 4.78 is 23.4. The largest absolute Gasteiger partial charge is 0.356 e. The van der Waals surface area contributed by atoms with Gasteiger partial charge in [0.25, 0.3) is 0 Å². The van der Waals surface area contributed by atoms with Crippen molar-refractivity contribution in [3.8, 4) is 0 Å². The molecule has 0 saturated heterocycles. The molecule has 0 amide bonds. The van der Waals surface area contributed by atoms with Crippen LogP contribution in [-0.4, -0.2) is 34.2 Å². The number of aryl methyl sites for hydroxylation is 1. The first-order valence-electron chi connectivity index (χ1n) is 9.03. The van der Waals surface area contributed by atoms with Gasteiger partial charge in [-0.05, 0) is 48.8 Å². The monoisotopic (exact) mass is 365 g/mol. The smallest absolute Gasteiger partial charge is 0.191 e. The van der Waals surface area contributed by atoms with E-state index < -0.39 is 9.84 Å². The summed E-state index contributed by atoms with van der Waals surface area (Å²) in [6.07, 6.45) is 6.47. The topological polar surface area (TPSA) is 70.6 Å². The van der Waals surface area contributed by atoms with Crippen LogP contribution in [0.25, 0.3) is 0 Å². The van der Waals surface area contributed by atoms with E-state index in [0.717, 1.165) is 35.5 Å². The fourth-order valence-electron chi connectivity index (χ4n) is 3.42. The third-order valence-corrected chi connectivity index (χ3v) is 6.27. The van der Waals surface area contributed by atoms with E-state index in [1.54, 1.807) is 13.1 Å². The number of benzene rings is 1. The summed E-state index contributed by atoms with van der Waals surface area (Å²) in [5.41, 5.74) is 1.82. The molecule has 1 aliphatic rings. The van der Waals surface area contributed by atoms with Gasteiger partial charge in [0.05, 0.1) is 4.90 Å². The minimum absolute atomic E-state index is 0.394. The van der Waals surface area contributed by atoms with Crippen LogP contribution >= 0.6 is 0 Å². The van der Waals surface area contributed by atoms with Crippen LogP contribution in [-0.2, 0) is 16.4 Å². The van der Waals surface area contributed by atoms with E-state index in [2.05, 4.69) is 22.5 Å². The van der Waals surface area contributed by atoms with Gasteiger partial charge in [0.15, 0.2) is 15.8 Å². The van der Waals surface area contributed by atoms with Crippen molar-refractivity contribution in [3.63, 3.8) is 0 Å². The van der Waals surface area contributed by atoms with Crippen molar-refractivity contribution >= 4 is 15.8 Å². The van der Waals surface area contributed by atoms with Gasteiger partial charge >= 0.3 is 0 Å². The fraction of sp³-hybridized carbons (Fsp3) is 0.632. The van der Waals surface area contributed by atoms with E-state index in [0.29, 0.717) is 11.4 Å². The average Bonchev–Trinajstić information content (AvgIpc) is 2.55. The molecule has 2 N–H and O–H groups in total. The van der Waals surface area contributed by atoms with Gasteiger partial charge in [0.1, 0.15) is 0 Å². The van der Waals surface area contributed by atoms with Gasteiger partial charge in [-0.25, -0.2) is 8.42 Å². The zero-order valence-corrected chi connectivity index (χ0v) is 16.6. The van der Waals surface area contributed by atoms with E-state index >= 15 is 0 Å².